The van der Waals surface area contributed by atoms with Crippen LogP contribution in [0.2, 0.25) is 0 Å². The number of rotatable bonds is 5. The molecule has 7 heteroatoms. The number of aromatic amines is 1. The number of para-hydroxylation sites is 1. The Morgan fingerprint density at radius 2 is 1.93 bits per heavy atom. The van der Waals surface area contributed by atoms with Gasteiger partial charge >= 0.3 is 0 Å². The second-order valence-corrected chi connectivity index (χ2v) is 7.79. The molecule has 4 aromatic rings. The van der Waals surface area contributed by atoms with E-state index < -0.39 is 0 Å². The van der Waals surface area contributed by atoms with Gasteiger partial charge in [-0.3, -0.25) is 9.69 Å². The molecule has 0 radical (unpaired) electrons. The summed E-state index contributed by atoms with van der Waals surface area (Å²) in [4.78, 5) is 26.8. The molecule has 1 N–H and O–H groups in total. The largest absolute Gasteiger partial charge is 0.309 e. The molecule has 0 aliphatic heterocycles. The van der Waals surface area contributed by atoms with Crippen molar-refractivity contribution in [2.75, 3.05) is 0 Å². The Balaban J connectivity index is 1.62. The number of pyridine rings is 1. The first-order valence-corrected chi connectivity index (χ1v) is 9.64. The summed E-state index contributed by atoms with van der Waals surface area (Å²) in [7, 11) is 0. The molecule has 0 atom stereocenters. The van der Waals surface area contributed by atoms with E-state index in [2.05, 4.69) is 44.6 Å². The topological polar surface area (TPSA) is 66.3 Å². The lowest BCUT2D eigenvalue weighted by Gasteiger charge is -2.25. The molecule has 4 rings (SSSR count). The molecule has 0 bridgehead atoms. The number of halogens is 1. The minimum Gasteiger partial charge on any atom is -0.309 e. The average molecular weight is 426 g/mol. The van der Waals surface area contributed by atoms with Crippen LogP contribution < -0.4 is 5.56 Å². The zero-order chi connectivity index (χ0) is 19.0. The Kier molecular flexibility index (Phi) is 4.80. The van der Waals surface area contributed by atoms with Gasteiger partial charge < -0.3 is 9.38 Å². The van der Waals surface area contributed by atoms with Crippen molar-refractivity contribution in [2.45, 2.75) is 33.0 Å². The molecule has 0 spiro atoms. The highest BCUT2D eigenvalue weighted by molar-refractivity contribution is 9.10. The molecule has 0 saturated carbocycles. The van der Waals surface area contributed by atoms with Crippen molar-refractivity contribution in [3.8, 4) is 0 Å². The Morgan fingerprint density at radius 1 is 1.11 bits per heavy atom. The van der Waals surface area contributed by atoms with E-state index in [1.165, 1.54) is 0 Å². The first-order valence-electron chi connectivity index (χ1n) is 8.85. The number of fused-ring (bicyclic) bond motifs is 2. The van der Waals surface area contributed by atoms with Crippen molar-refractivity contribution in [1.29, 1.82) is 0 Å². The normalized spacial score (nSPS) is 11.9. The third-order valence-electron chi connectivity index (χ3n) is 4.57. The number of nitrogens with zero attached hydrogens (tertiary/aromatic N) is 4. The maximum atomic E-state index is 12.3. The fourth-order valence-corrected chi connectivity index (χ4v) is 3.48. The van der Waals surface area contributed by atoms with E-state index in [0.29, 0.717) is 24.3 Å². The van der Waals surface area contributed by atoms with Crippen LogP contribution in [0, 0.1) is 0 Å². The van der Waals surface area contributed by atoms with E-state index in [9.17, 15) is 4.79 Å². The van der Waals surface area contributed by atoms with Gasteiger partial charge in [0.05, 0.1) is 23.1 Å². The van der Waals surface area contributed by atoms with Gasteiger partial charge in [0.15, 0.2) is 0 Å². The molecule has 27 heavy (non-hydrogen) atoms. The second-order valence-electron chi connectivity index (χ2n) is 6.87. The van der Waals surface area contributed by atoms with Crippen LogP contribution in [0.15, 0.2) is 58.1 Å². The van der Waals surface area contributed by atoms with Gasteiger partial charge in [-0.1, -0.05) is 12.1 Å². The van der Waals surface area contributed by atoms with Gasteiger partial charge in [0.1, 0.15) is 11.5 Å². The highest BCUT2D eigenvalue weighted by Crippen LogP contribution is 2.16. The van der Waals surface area contributed by atoms with Gasteiger partial charge in [0.2, 0.25) is 0 Å². The van der Waals surface area contributed by atoms with E-state index in [-0.39, 0.29) is 11.6 Å². The monoisotopic (exact) mass is 425 g/mol. The molecule has 138 valence electrons. The summed E-state index contributed by atoms with van der Waals surface area (Å²) in [5, 5.41) is 0.614. The summed E-state index contributed by atoms with van der Waals surface area (Å²) in [6.45, 7) is 5.49. The van der Waals surface area contributed by atoms with Gasteiger partial charge in [-0.05, 0) is 54.0 Å². The first kappa shape index (κ1) is 17.9. The van der Waals surface area contributed by atoms with Crippen molar-refractivity contribution in [3.63, 3.8) is 0 Å². The van der Waals surface area contributed by atoms with Gasteiger partial charge in [-0.2, -0.15) is 0 Å². The molecular formula is C20H20BrN5O. The number of imidazole rings is 1. The molecule has 6 nitrogen and oxygen atoms in total. The predicted octanol–water partition coefficient (Wildman–Crippen LogP) is 3.74. The number of benzene rings is 1. The Labute approximate surface area is 165 Å². The quantitative estimate of drug-likeness (QED) is 0.528. The Hall–Kier alpha value is -2.51. The van der Waals surface area contributed by atoms with Crippen LogP contribution in [0.1, 0.15) is 25.4 Å². The minimum atomic E-state index is -0.100. The Morgan fingerprint density at radius 3 is 2.74 bits per heavy atom. The van der Waals surface area contributed by atoms with E-state index in [1.54, 1.807) is 6.07 Å². The van der Waals surface area contributed by atoms with Crippen LogP contribution >= 0.6 is 15.9 Å². The standard InChI is InChI=1S/C20H20BrN5O/c1-13(2)25(10-15-11-26-9-14(21)7-8-19(26)22-15)12-18-23-17-6-4-3-5-16(17)20(27)24-18/h3-9,11,13H,10,12H2,1-2H3,(H,23,24,27). The number of nitrogens with one attached hydrogen (secondary N) is 1. The lowest BCUT2D eigenvalue weighted by molar-refractivity contribution is 0.196. The van der Waals surface area contributed by atoms with Crippen LogP contribution in [-0.2, 0) is 13.1 Å². The maximum Gasteiger partial charge on any atom is 0.258 e. The average Bonchev–Trinajstić information content (AvgIpc) is 3.02. The SMILES string of the molecule is CC(C)N(Cc1cn2cc(Br)ccc2n1)Cc1nc2ccccc2c(=O)[nH]1. The van der Waals surface area contributed by atoms with E-state index in [1.807, 2.05) is 47.1 Å². The highest BCUT2D eigenvalue weighted by atomic mass is 79.9. The van der Waals surface area contributed by atoms with Crippen LogP contribution in [0.25, 0.3) is 16.6 Å². The van der Waals surface area contributed by atoms with Gasteiger partial charge in [0.25, 0.3) is 5.56 Å². The summed E-state index contributed by atoms with van der Waals surface area (Å²) in [5.41, 5.74) is 2.51. The minimum absolute atomic E-state index is 0.100. The molecular weight excluding hydrogens is 406 g/mol. The molecule has 0 amide bonds. The smallest absolute Gasteiger partial charge is 0.258 e. The van der Waals surface area contributed by atoms with Crippen molar-refractivity contribution >= 4 is 32.5 Å². The van der Waals surface area contributed by atoms with Crippen LogP contribution in [0.5, 0.6) is 0 Å². The molecule has 0 aliphatic carbocycles. The lowest BCUT2D eigenvalue weighted by Crippen LogP contribution is -2.31. The van der Waals surface area contributed by atoms with Crippen molar-refractivity contribution in [1.82, 2.24) is 24.3 Å². The molecule has 0 unspecified atom stereocenters. The Bertz CT molecular complexity index is 1160. The molecule has 0 aliphatic rings. The number of hydrogen-bond donors (Lipinski definition) is 1. The van der Waals surface area contributed by atoms with Gasteiger partial charge in [0, 0.05) is 29.5 Å². The molecule has 3 heterocycles. The second kappa shape index (κ2) is 7.25. The maximum absolute atomic E-state index is 12.3. The lowest BCUT2D eigenvalue weighted by atomic mass is 10.2. The number of H-pyrrole nitrogens is 1. The van der Waals surface area contributed by atoms with E-state index in [0.717, 1.165) is 21.3 Å². The predicted molar refractivity (Wildman–Crippen MR) is 110 cm³/mol. The third-order valence-corrected chi connectivity index (χ3v) is 5.04. The summed E-state index contributed by atoms with van der Waals surface area (Å²) in [6, 6.07) is 11.6. The zero-order valence-electron chi connectivity index (χ0n) is 15.2. The fourth-order valence-electron chi connectivity index (χ4n) is 3.12. The summed E-state index contributed by atoms with van der Waals surface area (Å²) >= 11 is 3.49. The summed E-state index contributed by atoms with van der Waals surface area (Å²) in [6.07, 6.45) is 4.03. The summed E-state index contributed by atoms with van der Waals surface area (Å²) < 4.78 is 3.02. The van der Waals surface area contributed by atoms with E-state index >= 15 is 0 Å². The highest BCUT2D eigenvalue weighted by Gasteiger charge is 2.15. The molecule has 1 aromatic carbocycles. The molecule has 0 saturated heterocycles. The zero-order valence-corrected chi connectivity index (χ0v) is 16.8. The van der Waals surface area contributed by atoms with Crippen LogP contribution in [-0.4, -0.2) is 30.3 Å². The first-order chi connectivity index (χ1) is 13.0. The third kappa shape index (κ3) is 3.79. The fraction of sp³-hybridized carbons (Fsp3) is 0.250. The van der Waals surface area contributed by atoms with Gasteiger partial charge in [-0.25, -0.2) is 9.97 Å². The van der Waals surface area contributed by atoms with Gasteiger partial charge in [-0.15, -0.1) is 0 Å². The van der Waals surface area contributed by atoms with Crippen molar-refractivity contribution in [2.24, 2.45) is 0 Å². The van der Waals surface area contributed by atoms with E-state index in [4.69, 9.17) is 4.98 Å². The van der Waals surface area contributed by atoms with Crippen molar-refractivity contribution < 1.29 is 0 Å². The van der Waals surface area contributed by atoms with Crippen molar-refractivity contribution in [3.05, 3.63) is 75.1 Å². The summed E-state index contributed by atoms with van der Waals surface area (Å²) in [5.74, 6) is 0.666. The number of hydrogen-bond acceptors (Lipinski definition) is 4. The van der Waals surface area contributed by atoms with Crippen LogP contribution in [0.4, 0.5) is 0 Å². The van der Waals surface area contributed by atoms with Crippen LogP contribution in [0.3, 0.4) is 0 Å². The molecule has 3 aromatic heterocycles. The molecule has 0 fully saturated rings. The number of aromatic nitrogens is 4.